The summed E-state index contributed by atoms with van der Waals surface area (Å²) in [7, 11) is 0. The second-order valence-corrected chi connectivity index (χ2v) is 3.78. The molecule has 1 aromatic rings. The molecule has 1 aromatic heterocycles. The van der Waals surface area contributed by atoms with Crippen LogP contribution in [-0.2, 0) is 0 Å². The van der Waals surface area contributed by atoms with Crippen LogP contribution in [0.2, 0.25) is 0 Å². The Balaban J connectivity index is 2.85. The van der Waals surface area contributed by atoms with Crippen molar-refractivity contribution in [1.29, 1.82) is 0 Å². The minimum Gasteiger partial charge on any atom is -0.327 e. The Morgan fingerprint density at radius 2 is 2.42 bits per heavy atom. The van der Waals surface area contributed by atoms with Gasteiger partial charge in [0.15, 0.2) is 0 Å². The largest absolute Gasteiger partial charge is 0.327 e. The van der Waals surface area contributed by atoms with Crippen molar-refractivity contribution in [2.24, 2.45) is 5.73 Å². The van der Waals surface area contributed by atoms with Gasteiger partial charge >= 0.3 is 0 Å². The molecule has 12 heavy (non-hydrogen) atoms. The van der Waals surface area contributed by atoms with E-state index in [1.165, 1.54) is 16.0 Å². The molecule has 0 bridgehead atoms. The summed E-state index contributed by atoms with van der Waals surface area (Å²) in [6, 6.07) is 2.14. The number of thiophene rings is 1. The van der Waals surface area contributed by atoms with Crippen LogP contribution < -0.4 is 5.73 Å². The smallest absolute Gasteiger partial charge is 0.0299 e. The van der Waals surface area contributed by atoms with Crippen LogP contribution >= 0.6 is 11.3 Å². The molecule has 0 saturated heterocycles. The first-order valence-electron chi connectivity index (χ1n) is 4.21. The molecule has 1 heterocycles. The number of hydrogen-bond acceptors (Lipinski definition) is 2. The zero-order valence-corrected chi connectivity index (χ0v) is 8.45. The lowest BCUT2D eigenvalue weighted by atomic mass is 10.1. The Kier molecular flexibility index (Phi) is 3.50. The van der Waals surface area contributed by atoms with Gasteiger partial charge in [-0.1, -0.05) is 12.5 Å². The summed E-state index contributed by atoms with van der Waals surface area (Å²) in [5.74, 6) is 0. The van der Waals surface area contributed by atoms with Crippen LogP contribution in [0.25, 0.3) is 6.08 Å². The van der Waals surface area contributed by atoms with E-state index in [2.05, 4.69) is 31.4 Å². The fourth-order valence-corrected chi connectivity index (χ4v) is 1.93. The molecule has 0 aliphatic carbocycles. The summed E-state index contributed by atoms with van der Waals surface area (Å²) in [5.41, 5.74) is 8.25. The monoisotopic (exact) mass is 181 g/mol. The maximum Gasteiger partial charge on any atom is 0.0299 e. The van der Waals surface area contributed by atoms with Gasteiger partial charge in [0.1, 0.15) is 0 Å². The topological polar surface area (TPSA) is 26.0 Å². The molecular weight excluding hydrogens is 166 g/mol. The second-order valence-electron chi connectivity index (χ2n) is 2.83. The number of rotatable bonds is 3. The molecule has 0 saturated carbocycles. The highest BCUT2D eigenvalue weighted by atomic mass is 32.1. The van der Waals surface area contributed by atoms with Crippen molar-refractivity contribution >= 4 is 17.4 Å². The van der Waals surface area contributed by atoms with Gasteiger partial charge in [0, 0.05) is 11.4 Å². The van der Waals surface area contributed by atoms with Gasteiger partial charge in [0.05, 0.1) is 0 Å². The molecule has 0 aromatic carbocycles. The van der Waals surface area contributed by atoms with Crippen molar-refractivity contribution in [3.63, 3.8) is 0 Å². The number of nitrogens with two attached hydrogens (primary N) is 1. The van der Waals surface area contributed by atoms with Crippen molar-refractivity contribution in [2.45, 2.75) is 20.3 Å². The summed E-state index contributed by atoms with van der Waals surface area (Å²) in [4.78, 5) is 1.34. The van der Waals surface area contributed by atoms with E-state index < -0.39 is 0 Å². The highest BCUT2D eigenvalue weighted by Gasteiger charge is 1.97. The van der Waals surface area contributed by atoms with E-state index in [9.17, 15) is 0 Å². The van der Waals surface area contributed by atoms with Crippen LogP contribution in [0.1, 0.15) is 23.8 Å². The predicted molar refractivity (Wildman–Crippen MR) is 56.4 cm³/mol. The van der Waals surface area contributed by atoms with Crippen molar-refractivity contribution in [1.82, 2.24) is 0 Å². The average molecular weight is 181 g/mol. The van der Waals surface area contributed by atoms with Crippen LogP contribution in [-0.4, -0.2) is 6.54 Å². The Labute approximate surface area is 77.9 Å². The molecule has 0 aliphatic heterocycles. The molecule has 0 aliphatic rings. The fraction of sp³-hybridized carbons (Fsp3) is 0.400. The first-order valence-corrected chi connectivity index (χ1v) is 5.09. The second kappa shape index (κ2) is 4.43. The third kappa shape index (κ3) is 2.19. The normalized spacial score (nSPS) is 12.1. The van der Waals surface area contributed by atoms with Crippen molar-refractivity contribution < 1.29 is 0 Å². The summed E-state index contributed by atoms with van der Waals surface area (Å²) >= 11 is 1.78. The summed E-state index contributed by atoms with van der Waals surface area (Å²) in [5, 5.41) is 2.12. The molecule has 1 nitrogen and oxygen atoms in total. The Bertz CT molecular complexity index is 267. The lowest BCUT2D eigenvalue weighted by molar-refractivity contribution is 1.02. The van der Waals surface area contributed by atoms with Gasteiger partial charge in [-0.3, -0.25) is 0 Å². The van der Waals surface area contributed by atoms with Crippen LogP contribution in [0, 0.1) is 6.92 Å². The van der Waals surface area contributed by atoms with Gasteiger partial charge in [-0.15, -0.1) is 11.3 Å². The van der Waals surface area contributed by atoms with Crippen LogP contribution in [0.5, 0.6) is 0 Å². The molecule has 66 valence electrons. The molecule has 0 atom stereocenters. The Morgan fingerprint density at radius 1 is 1.67 bits per heavy atom. The molecule has 0 amide bonds. The quantitative estimate of drug-likeness (QED) is 0.762. The number of hydrogen-bond donors (Lipinski definition) is 1. The van der Waals surface area contributed by atoms with E-state index in [1.807, 2.05) is 0 Å². The summed E-state index contributed by atoms with van der Waals surface area (Å²) < 4.78 is 0. The lowest BCUT2D eigenvalue weighted by Gasteiger charge is -1.98. The maximum absolute atomic E-state index is 5.59. The molecule has 2 heteroatoms. The van der Waals surface area contributed by atoms with E-state index in [1.54, 1.807) is 11.3 Å². The predicted octanol–water partition coefficient (Wildman–Crippen LogP) is 2.81. The molecular formula is C10H15NS. The van der Waals surface area contributed by atoms with Crippen LogP contribution in [0.4, 0.5) is 0 Å². The van der Waals surface area contributed by atoms with E-state index in [4.69, 9.17) is 5.73 Å². The van der Waals surface area contributed by atoms with Gasteiger partial charge in [-0.2, -0.15) is 0 Å². The van der Waals surface area contributed by atoms with Gasteiger partial charge < -0.3 is 5.73 Å². The van der Waals surface area contributed by atoms with E-state index in [-0.39, 0.29) is 0 Å². The Hall–Kier alpha value is -0.600. The summed E-state index contributed by atoms with van der Waals surface area (Å²) in [6.45, 7) is 4.95. The van der Waals surface area contributed by atoms with Crippen LogP contribution in [0.15, 0.2) is 17.0 Å². The van der Waals surface area contributed by atoms with Crippen molar-refractivity contribution in [3.8, 4) is 0 Å². The first kappa shape index (κ1) is 9.49. The highest BCUT2D eigenvalue weighted by molar-refractivity contribution is 7.11. The zero-order chi connectivity index (χ0) is 8.97. The number of aryl methyl sites for hydroxylation is 1. The van der Waals surface area contributed by atoms with Crippen molar-refractivity contribution in [2.75, 3.05) is 6.54 Å². The zero-order valence-electron chi connectivity index (χ0n) is 7.63. The molecule has 0 fully saturated rings. The molecule has 0 spiro atoms. The fourth-order valence-electron chi connectivity index (χ4n) is 1.02. The Morgan fingerprint density at radius 3 is 2.83 bits per heavy atom. The van der Waals surface area contributed by atoms with Gasteiger partial charge in [0.2, 0.25) is 0 Å². The van der Waals surface area contributed by atoms with Crippen LogP contribution in [0.3, 0.4) is 0 Å². The standard InChI is InChI=1S/C10H15NS/c1-3-9(7-11)6-10-8(2)4-5-12-10/h4-6H,3,7,11H2,1-2H3. The molecule has 2 N–H and O–H groups in total. The molecule has 1 rings (SSSR count). The van der Waals surface area contributed by atoms with Crippen molar-refractivity contribution in [3.05, 3.63) is 27.5 Å². The average Bonchev–Trinajstić information content (AvgIpc) is 2.47. The van der Waals surface area contributed by atoms with Gasteiger partial charge in [-0.05, 0) is 36.4 Å². The SMILES string of the molecule is CCC(=Cc1sccc1C)CN. The molecule has 0 unspecified atom stereocenters. The van der Waals surface area contributed by atoms with Gasteiger partial charge in [0.25, 0.3) is 0 Å². The molecule has 0 radical (unpaired) electrons. The minimum absolute atomic E-state index is 0.674. The maximum atomic E-state index is 5.59. The first-order chi connectivity index (χ1) is 5.77. The van der Waals surface area contributed by atoms with Gasteiger partial charge in [-0.25, -0.2) is 0 Å². The highest BCUT2D eigenvalue weighted by Crippen LogP contribution is 2.19. The third-order valence-electron chi connectivity index (χ3n) is 1.95. The minimum atomic E-state index is 0.674. The lowest BCUT2D eigenvalue weighted by Crippen LogP contribution is -2.01. The van der Waals surface area contributed by atoms with E-state index >= 15 is 0 Å². The summed E-state index contributed by atoms with van der Waals surface area (Å²) in [6.07, 6.45) is 3.26. The third-order valence-corrected chi connectivity index (χ3v) is 2.92. The van der Waals surface area contributed by atoms with E-state index in [0.29, 0.717) is 6.54 Å². The van der Waals surface area contributed by atoms with E-state index in [0.717, 1.165) is 6.42 Å².